The topological polar surface area (TPSA) is 49.8 Å². The van der Waals surface area contributed by atoms with Crippen LogP contribution in [0.4, 0.5) is 0 Å². The monoisotopic (exact) mass is 249 g/mol. The number of nitrogens with zero attached hydrogens (tertiary/aromatic N) is 1. The number of hydrogen-bond acceptors (Lipinski definition) is 3. The first-order valence-corrected chi connectivity index (χ1v) is 6.41. The van der Waals surface area contributed by atoms with E-state index in [-0.39, 0.29) is 12.0 Å². The zero-order chi connectivity index (χ0) is 13.0. The van der Waals surface area contributed by atoms with E-state index >= 15 is 0 Å². The second-order valence-electron chi connectivity index (χ2n) is 4.48. The smallest absolute Gasteiger partial charge is 0.253 e. The second-order valence-corrected chi connectivity index (χ2v) is 4.48. The third-order valence-corrected chi connectivity index (χ3v) is 3.14. The van der Waals surface area contributed by atoms with E-state index in [1.807, 2.05) is 19.1 Å². The van der Waals surface area contributed by atoms with Gasteiger partial charge in [-0.05, 0) is 38.0 Å². The van der Waals surface area contributed by atoms with Crippen molar-refractivity contribution in [2.24, 2.45) is 0 Å². The van der Waals surface area contributed by atoms with Crippen LogP contribution >= 0.6 is 0 Å². The van der Waals surface area contributed by atoms with Crippen LogP contribution in [0.1, 0.15) is 30.1 Å². The van der Waals surface area contributed by atoms with E-state index in [9.17, 15) is 9.90 Å². The highest BCUT2D eigenvalue weighted by atomic mass is 16.5. The summed E-state index contributed by atoms with van der Waals surface area (Å²) in [4.78, 5) is 14.0. The van der Waals surface area contributed by atoms with E-state index in [0.29, 0.717) is 38.1 Å². The molecule has 0 bridgehead atoms. The standard InChI is InChI=1S/C14H19NO3/c1-2-18-13-5-3-4-11(10-13)14(17)15-8-6-12(16)7-9-15/h3-5,10,12,16H,2,6-9H2,1H3. The lowest BCUT2D eigenvalue weighted by Crippen LogP contribution is -2.40. The molecule has 98 valence electrons. The third-order valence-electron chi connectivity index (χ3n) is 3.14. The Bertz CT molecular complexity index is 411. The number of carbonyl (C=O) groups is 1. The molecule has 18 heavy (non-hydrogen) atoms. The van der Waals surface area contributed by atoms with E-state index in [4.69, 9.17) is 4.74 Å². The van der Waals surface area contributed by atoms with Crippen LogP contribution in [0.5, 0.6) is 5.75 Å². The van der Waals surface area contributed by atoms with Gasteiger partial charge in [0, 0.05) is 18.7 Å². The van der Waals surface area contributed by atoms with Crippen molar-refractivity contribution in [1.29, 1.82) is 0 Å². The molecule has 1 aromatic rings. The Morgan fingerprint density at radius 3 is 2.83 bits per heavy atom. The van der Waals surface area contributed by atoms with Gasteiger partial charge in [-0.15, -0.1) is 0 Å². The molecule has 4 heteroatoms. The molecule has 1 saturated heterocycles. The van der Waals surface area contributed by atoms with Crippen molar-refractivity contribution in [3.05, 3.63) is 29.8 Å². The van der Waals surface area contributed by atoms with Crippen molar-refractivity contribution < 1.29 is 14.6 Å². The van der Waals surface area contributed by atoms with Crippen LogP contribution in [0.25, 0.3) is 0 Å². The normalized spacial score (nSPS) is 16.7. The van der Waals surface area contributed by atoms with Crippen molar-refractivity contribution in [2.45, 2.75) is 25.9 Å². The number of aliphatic hydroxyl groups is 1. The first kappa shape index (κ1) is 12.9. The largest absolute Gasteiger partial charge is 0.494 e. The summed E-state index contributed by atoms with van der Waals surface area (Å²) in [6.07, 6.45) is 1.07. The molecule has 0 spiro atoms. The minimum absolute atomic E-state index is 0.0171. The van der Waals surface area contributed by atoms with Gasteiger partial charge in [0.15, 0.2) is 0 Å². The Labute approximate surface area is 107 Å². The van der Waals surface area contributed by atoms with Crippen molar-refractivity contribution in [2.75, 3.05) is 19.7 Å². The maximum absolute atomic E-state index is 12.3. The molecule has 0 aromatic heterocycles. The fourth-order valence-corrected chi connectivity index (χ4v) is 2.14. The number of rotatable bonds is 3. The highest BCUT2D eigenvalue weighted by molar-refractivity contribution is 5.94. The number of ether oxygens (including phenoxy) is 1. The van der Waals surface area contributed by atoms with Gasteiger partial charge in [0.2, 0.25) is 0 Å². The van der Waals surface area contributed by atoms with E-state index < -0.39 is 0 Å². The molecule has 0 aliphatic carbocycles. The Kier molecular flexibility index (Phi) is 4.20. The number of amides is 1. The maximum atomic E-state index is 12.3. The summed E-state index contributed by atoms with van der Waals surface area (Å²) in [5.41, 5.74) is 0.650. The van der Waals surface area contributed by atoms with Gasteiger partial charge in [-0.1, -0.05) is 6.07 Å². The van der Waals surface area contributed by atoms with Gasteiger partial charge >= 0.3 is 0 Å². The van der Waals surface area contributed by atoms with Crippen molar-refractivity contribution in [3.8, 4) is 5.75 Å². The molecule has 2 rings (SSSR count). The van der Waals surface area contributed by atoms with Gasteiger partial charge in [-0.25, -0.2) is 0 Å². The summed E-state index contributed by atoms with van der Waals surface area (Å²) in [6.45, 7) is 3.76. The number of benzene rings is 1. The lowest BCUT2D eigenvalue weighted by molar-refractivity contribution is 0.0546. The minimum atomic E-state index is -0.260. The average molecular weight is 249 g/mol. The molecular formula is C14H19NO3. The van der Waals surface area contributed by atoms with E-state index in [0.717, 1.165) is 5.75 Å². The summed E-state index contributed by atoms with van der Waals surface area (Å²) in [5, 5.41) is 9.44. The van der Waals surface area contributed by atoms with Crippen LogP contribution in [0.2, 0.25) is 0 Å². The molecule has 0 saturated carbocycles. The van der Waals surface area contributed by atoms with Crippen LogP contribution in [-0.2, 0) is 0 Å². The fourth-order valence-electron chi connectivity index (χ4n) is 2.14. The summed E-state index contributed by atoms with van der Waals surface area (Å²) in [5.74, 6) is 0.740. The first-order chi connectivity index (χ1) is 8.70. The number of aliphatic hydroxyl groups excluding tert-OH is 1. The van der Waals surface area contributed by atoms with E-state index in [1.165, 1.54) is 0 Å². The summed E-state index contributed by atoms with van der Waals surface area (Å²) >= 11 is 0. The van der Waals surface area contributed by atoms with Crippen LogP contribution in [-0.4, -0.2) is 41.7 Å². The molecule has 1 aliphatic heterocycles. The zero-order valence-electron chi connectivity index (χ0n) is 10.6. The fraction of sp³-hybridized carbons (Fsp3) is 0.500. The molecule has 1 N–H and O–H groups in total. The third kappa shape index (κ3) is 3.01. The summed E-state index contributed by atoms with van der Waals surface area (Å²) < 4.78 is 5.39. The van der Waals surface area contributed by atoms with Crippen molar-refractivity contribution in [3.63, 3.8) is 0 Å². The molecule has 1 fully saturated rings. The number of piperidine rings is 1. The molecular weight excluding hydrogens is 230 g/mol. The van der Waals surface area contributed by atoms with Gasteiger partial charge in [-0.2, -0.15) is 0 Å². The van der Waals surface area contributed by atoms with Crippen molar-refractivity contribution in [1.82, 2.24) is 4.90 Å². The van der Waals surface area contributed by atoms with E-state index in [2.05, 4.69) is 0 Å². The molecule has 1 heterocycles. The van der Waals surface area contributed by atoms with Crippen LogP contribution in [0.15, 0.2) is 24.3 Å². The summed E-state index contributed by atoms with van der Waals surface area (Å²) in [6, 6.07) is 7.25. The predicted molar refractivity (Wildman–Crippen MR) is 68.8 cm³/mol. The Balaban J connectivity index is 2.06. The molecule has 0 atom stereocenters. The van der Waals surface area contributed by atoms with Gasteiger partial charge < -0.3 is 14.7 Å². The number of carbonyl (C=O) groups excluding carboxylic acids is 1. The highest BCUT2D eigenvalue weighted by Crippen LogP contribution is 2.17. The molecule has 1 aromatic carbocycles. The molecule has 4 nitrogen and oxygen atoms in total. The van der Waals surface area contributed by atoms with E-state index in [1.54, 1.807) is 17.0 Å². The summed E-state index contributed by atoms with van der Waals surface area (Å²) in [7, 11) is 0. The van der Waals surface area contributed by atoms with Gasteiger partial charge in [0.1, 0.15) is 5.75 Å². The lowest BCUT2D eigenvalue weighted by atomic mass is 10.1. The zero-order valence-corrected chi connectivity index (χ0v) is 10.6. The predicted octanol–water partition coefficient (Wildman–Crippen LogP) is 1.68. The second kappa shape index (κ2) is 5.87. The SMILES string of the molecule is CCOc1cccc(C(=O)N2CCC(O)CC2)c1. The van der Waals surface area contributed by atoms with Crippen LogP contribution in [0.3, 0.4) is 0 Å². The van der Waals surface area contributed by atoms with Crippen LogP contribution < -0.4 is 4.74 Å². The van der Waals surface area contributed by atoms with Gasteiger partial charge in [0.05, 0.1) is 12.7 Å². The number of hydrogen-bond donors (Lipinski definition) is 1. The quantitative estimate of drug-likeness (QED) is 0.886. The molecule has 1 aliphatic rings. The van der Waals surface area contributed by atoms with Gasteiger partial charge in [0.25, 0.3) is 5.91 Å². The Morgan fingerprint density at radius 2 is 2.17 bits per heavy atom. The minimum Gasteiger partial charge on any atom is -0.494 e. The Morgan fingerprint density at radius 1 is 1.44 bits per heavy atom. The number of likely N-dealkylation sites (tertiary alicyclic amines) is 1. The molecule has 1 amide bonds. The Hall–Kier alpha value is -1.55. The highest BCUT2D eigenvalue weighted by Gasteiger charge is 2.22. The molecule has 0 radical (unpaired) electrons. The maximum Gasteiger partial charge on any atom is 0.253 e. The molecule has 0 unspecified atom stereocenters. The lowest BCUT2D eigenvalue weighted by Gasteiger charge is -2.29. The average Bonchev–Trinajstić information content (AvgIpc) is 2.39. The van der Waals surface area contributed by atoms with Crippen molar-refractivity contribution >= 4 is 5.91 Å². The first-order valence-electron chi connectivity index (χ1n) is 6.41. The van der Waals surface area contributed by atoms with Crippen LogP contribution in [0, 0.1) is 0 Å². The van der Waals surface area contributed by atoms with Gasteiger partial charge in [-0.3, -0.25) is 4.79 Å².